The van der Waals surface area contributed by atoms with Crippen LogP contribution in [0, 0.1) is 0 Å². The fraction of sp³-hybridized carbons (Fsp3) is 0.383. The zero-order valence-electron chi connectivity index (χ0n) is 76.6. The maximum absolute atomic E-state index is 12.3. The number of Topliss-reactive ketones (excluding diaryl/α,β-unsaturated/α-hetero) is 1. The molecule has 0 amide bonds. The summed E-state index contributed by atoms with van der Waals surface area (Å²) in [4.78, 5) is 48.4. The van der Waals surface area contributed by atoms with Gasteiger partial charge in [0.15, 0.2) is 40.4 Å². The number of carbonyl (C=O) groups is 2. The van der Waals surface area contributed by atoms with Crippen LogP contribution in [0.4, 0.5) is 0 Å². The normalized spacial score (nSPS) is 13.3. The average molecular weight is 2560 g/mol. The number of hydrogen-bond donors (Lipinski definition) is 7. The summed E-state index contributed by atoms with van der Waals surface area (Å²) in [6.45, 7) is 14.1. The number of aromatic nitrogens is 6. The summed E-state index contributed by atoms with van der Waals surface area (Å²) < 4.78 is 103. The summed E-state index contributed by atoms with van der Waals surface area (Å²) in [5.41, 5.74) is 12.9. The number of benzene rings is 6. The minimum absolute atomic E-state index is 0. The molecule has 40 heteroatoms. The number of nitrogens with two attached hydrogens (primary N) is 1. The first-order chi connectivity index (χ1) is 63.1. The monoisotopic (exact) mass is 2560 g/mol. The molecule has 0 spiro atoms. The van der Waals surface area contributed by atoms with Gasteiger partial charge in [0.05, 0.1) is 122 Å². The number of fused-ring (bicyclic) bond motifs is 6. The molecule has 0 saturated carbocycles. The number of rotatable bonds is 35. The summed E-state index contributed by atoms with van der Waals surface area (Å²) in [5.74, 6) is 6.25. The van der Waals surface area contributed by atoms with Crippen LogP contribution in [-0.2, 0) is 112 Å². The van der Waals surface area contributed by atoms with Crippen molar-refractivity contribution in [3.05, 3.63) is 264 Å². The molecular formula is C94H124BI5N8O19S6V-. The number of ether oxygens (including phenoxy) is 6. The van der Waals surface area contributed by atoms with Gasteiger partial charge >= 0.3 is 99.9 Å². The molecule has 0 saturated heterocycles. The summed E-state index contributed by atoms with van der Waals surface area (Å²) in [6.07, 6.45) is 9.24. The van der Waals surface area contributed by atoms with Crippen LogP contribution in [0.1, 0.15) is 103 Å². The quantitative estimate of drug-likeness (QED) is 0.0110. The number of methoxy groups -OCH3 is 6. The molecule has 0 aliphatic heterocycles. The maximum atomic E-state index is 12.3. The van der Waals surface area contributed by atoms with Crippen molar-refractivity contribution in [2.45, 2.75) is 165 Å². The molecule has 10 atom stereocenters. The number of hydroxylamine groups is 1. The van der Waals surface area contributed by atoms with Crippen LogP contribution >= 0.6 is 112 Å². The Morgan fingerprint density at radius 2 is 0.761 bits per heavy atom. The van der Waals surface area contributed by atoms with Gasteiger partial charge in [-0.25, -0.2) is 31.2 Å². The van der Waals surface area contributed by atoms with Crippen LogP contribution in [0.15, 0.2) is 231 Å². The Bertz CT molecular complexity index is 5750. The van der Waals surface area contributed by atoms with Crippen molar-refractivity contribution in [2.24, 2.45) is 5.90 Å². The third-order valence-corrected chi connectivity index (χ3v) is 27.0. The van der Waals surface area contributed by atoms with Gasteiger partial charge in [-0.15, -0.1) is 11.8 Å². The first-order valence-corrected chi connectivity index (χ1v) is 71.1. The number of halogens is 5. The third-order valence-electron chi connectivity index (χ3n) is 19.4. The Labute approximate surface area is 864 Å². The van der Waals surface area contributed by atoms with Crippen molar-refractivity contribution in [2.75, 3.05) is 65.7 Å². The second kappa shape index (κ2) is 71.9. The van der Waals surface area contributed by atoms with Crippen molar-refractivity contribution in [3.63, 3.8) is 0 Å². The zero-order valence-corrected chi connectivity index (χ0v) is 93.7. The molecule has 0 aliphatic carbocycles. The number of aliphatic hydroxyl groups is 3. The number of carbonyl (C=O) groups excluding carboxylic acids is 2. The van der Waals surface area contributed by atoms with Crippen LogP contribution in [-0.4, -0.2) is 227 Å². The van der Waals surface area contributed by atoms with Gasteiger partial charge < -0.3 is 54.2 Å². The number of para-hydroxylation sites is 6. The van der Waals surface area contributed by atoms with Crippen molar-refractivity contribution in [1.82, 2.24) is 35.4 Å². The molecule has 0 bridgehead atoms. The minimum atomic E-state index is -3.43. The predicted molar refractivity (Wildman–Crippen MR) is 577 cm³/mol. The van der Waals surface area contributed by atoms with E-state index in [2.05, 4.69) is 143 Å². The standard InChI is InChI=1S/C15H20N2O4S.C15H19NO4S.C15H17NO3S.C15H19NO2S.C15H17NO2S.C12H11NOS.C6H14O2.CH4.B.I3.2HI.H3NO.V/c1-11(21-2)15(17-18)10-22(19,20)9-12-7-13-5-3-4-6-14(13)16-8-12;1-11(20-2)15(17)10-21(18,19)9-12-7-13-5-3-4-6-14(13)16-8-12;1-12(19-2)7-8-20(17,18)11-13-9-14-5-3-4-6-15(14)16-10-13;2*1-11(18-2)15(17)10-19-9-12-7-13-5-3-4-6-14(13)16-8-12;1-9(14)15-8-10-6-11-4-2-3-5-12(11)13-7-10;1-4-6(7)5(2)8-3;;;1-3-2;;;1-2;/h3-8,11,15,17-18H,9-10H2,1-2H3;3-8,11,15,17H,9-10H2,1-2H3;3-10,12H,11H2,1-2H3;3-8,11,15,17H,9-10H2,1-2H3;3-8,11H,9-10H2,1-2H3;2-7H,8H2,1H3;5-7H,4H2,1-3H3;1H4;;;2*1H;2H,1H2;/q;;;;;;;;;-1;;;;+2/p-2/b;;8-7-;;;;;;;;;;;. The number of pyridine rings is 6. The zero-order chi connectivity index (χ0) is 98.2. The van der Waals surface area contributed by atoms with E-state index in [-0.39, 0.29) is 86.0 Å². The van der Waals surface area contributed by atoms with Crippen LogP contribution in [0.25, 0.3) is 65.4 Å². The van der Waals surface area contributed by atoms with Gasteiger partial charge in [-0.05, 0) is 160 Å². The first kappa shape index (κ1) is 128. The van der Waals surface area contributed by atoms with E-state index in [1.165, 1.54) is 50.1 Å². The molecule has 27 nitrogen and oxygen atoms in total. The van der Waals surface area contributed by atoms with E-state index >= 15 is 0 Å². The topological polar surface area (TPSA) is 408 Å². The molecule has 0 fully saturated rings. The van der Waals surface area contributed by atoms with Gasteiger partial charge in [-0.3, -0.25) is 39.5 Å². The van der Waals surface area contributed by atoms with E-state index in [1.807, 2.05) is 197 Å². The van der Waals surface area contributed by atoms with E-state index in [1.54, 1.807) is 98.1 Å². The van der Waals surface area contributed by atoms with Gasteiger partial charge in [-0.1, -0.05) is 135 Å². The van der Waals surface area contributed by atoms with E-state index in [0.29, 0.717) is 56.7 Å². The SMILES string of the molecule is C.CC(=O)SCc1cnc2ccccc2c1.CCC(O)C(C)OC.COC(C)/C=C\S(=O)(=O)Cc1cnc2ccccc2c1.COC(C)C(=O)CSCc1cnc2ccccc2c1.COC(C)C(CS(=O)(=O)Cc1cnc2ccccc2c1)NO.COC(C)C(O)CS(=O)(=O)Cc1cnc2ccccc2c1.COC(C)C(O)CSCc1cnc2ccccc2c1.I[I-]I.NO.[B].[I][V][I]. The summed E-state index contributed by atoms with van der Waals surface area (Å²) >= 11 is 14.6. The molecule has 3 radical (unpaired) electrons. The molecule has 8 N–H and O–H groups in total. The van der Waals surface area contributed by atoms with Crippen molar-refractivity contribution in [3.8, 4) is 0 Å². The number of hydrogen-bond acceptors (Lipinski definition) is 30. The molecule has 12 rings (SSSR count). The van der Waals surface area contributed by atoms with Gasteiger partial charge in [0, 0.05) is 156 Å². The molecule has 6 aromatic heterocycles. The molecule has 0 aliphatic rings. The number of sulfone groups is 3. The number of ketones is 1. The van der Waals surface area contributed by atoms with Crippen LogP contribution in [0.2, 0.25) is 0 Å². The first-order valence-electron chi connectivity index (χ1n) is 40.9. The number of nitrogens with one attached hydrogen (secondary N) is 1. The fourth-order valence-electron chi connectivity index (χ4n) is 11.4. The molecule has 12 aromatic rings. The summed E-state index contributed by atoms with van der Waals surface area (Å²) in [7, 11) is -0.306. The number of nitrogens with zero attached hydrogens (tertiary/aromatic N) is 6. The van der Waals surface area contributed by atoms with Crippen molar-refractivity contribution in [1.29, 1.82) is 0 Å². The van der Waals surface area contributed by atoms with Crippen LogP contribution in [0.3, 0.4) is 0 Å². The number of aliphatic hydroxyl groups excluding tert-OH is 3. The fourth-order valence-corrected chi connectivity index (χ4v) is 18.4. The van der Waals surface area contributed by atoms with E-state index in [9.17, 15) is 45.1 Å². The van der Waals surface area contributed by atoms with Gasteiger partial charge in [0.2, 0.25) is 0 Å². The van der Waals surface area contributed by atoms with E-state index < -0.39 is 60.0 Å². The van der Waals surface area contributed by atoms with Gasteiger partial charge in [-0.2, -0.15) is 17.2 Å². The molecule has 734 valence electrons. The Kier molecular flexibility index (Phi) is 68.4. The average Bonchev–Trinajstić information content (AvgIpc) is 0.850. The Morgan fingerprint density at radius 1 is 0.463 bits per heavy atom. The Balaban J connectivity index is 0.000000777. The molecule has 10 unspecified atom stereocenters. The predicted octanol–water partition coefficient (Wildman–Crippen LogP) is 15.7. The van der Waals surface area contributed by atoms with Crippen molar-refractivity contribution >= 4 is 227 Å². The van der Waals surface area contributed by atoms with E-state index in [4.69, 9.17) is 43.9 Å². The summed E-state index contributed by atoms with van der Waals surface area (Å²) in [5, 5.41) is 51.7. The molecular weight excluding hydrogens is 2430 g/mol. The van der Waals surface area contributed by atoms with Crippen molar-refractivity contribution < 1.29 is 112 Å². The van der Waals surface area contributed by atoms with Gasteiger partial charge in [0.25, 0.3) is 0 Å². The van der Waals surface area contributed by atoms with Gasteiger partial charge in [0.1, 0.15) is 6.10 Å². The van der Waals surface area contributed by atoms with Crippen LogP contribution in [0.5, 0.6) is 0 Å². The second-order valence-corrected chi connectivity index (χ2v) is 66.6. The number of thioether (sulfide) groups is 3. The second-order valence-electron chi connectivity index (χ2n) is 29.3. The summed E-state index contributed by atoms with van der Waals surface area (Å²) in [6, 6.07) is 58.0. The molecule has 134 heavy (non-hydrogen) atoms. The Morgan fingerprint density at radius 3 is 1.07 bits per heavy atom. The van der Waals surface area contributed by atoms with E-state index in [0.717, 1.165) is 94.5 Å². The molecule has 6 aromatic carbocycles. The Hall–Kier alpha value is -4.46. The van der Waals surface area contributed by atoms with Crippen LogP contribution < -0.4 is 24.6 Å². The third kappa shape index (κ3) is 51.3. The molecule has 6 heterocycles.